The van der Waals surface area contributed by atoms with Crippen LogP contribution in [-0.4, -0.2) is 18.0 Å². The van der Waals surface area contributed by atoms with Crippen LogP contribution < -0.4 is 4.74 Å². The summed E-state index contributed by atoms with van der Waals surface area (Å²) in [6.07, 6.45) is -2.52. The van der Waals surface area contributed by atoms with Gasteiger partial charge in [0.15, 0.2) is 6.61 Å². The van der Waals surface area contributed by atoms with E-state index in [1.807, 2.05) is 0 Å². The summed E-state index contributed by atoms with van der Waals surface area (Å²) in [6, 6.07) is 2.92. The van der Waals surface area contributed by atoms with E-state index < -0.39 is 13.0 Å². The second-order valence-corrected chi connectivity index (χ2v) is 3.09. The molecule has 0 aliphatic carbocycles. The number of aromatic nitrogens is 1. The molecular formula is C8H7Cl2F2NO. The fourth-order valence-electron chi connectivity index (χ4n) is 0.787. The Morgan fingerprint density at radius 3 is 2.71 bits per heavy atom. The lowest BCUT2D eigenvalue weighted by atomic mass is 10.4. The minimum absolute atomic E-state index is 0.102. The van der Waals surface area contributed by atoms with Crippen molar-refractivity contribution in [2.45, 2.75) is 12.3 Å². The number of hydrogen-bond acceptors (Lipinski definition) is 2. The Hall–Kier alpha value is -0.610. The van der Waals surface area contributed by atoms with Gasteiger partial charge in [0, 0.05) is 6.07 Å². The molecule has 1 rings (SSSR count). The predicted octanol–water partition coefficient (Wildman–Crippen LogP) is 3.12. The van der Waals surface area contributed by atoms with Crippen LogP contribution in [0.1, 0.15) is 5.69 Å². The Kier molecular flexibility index (Phi) is 4.35. The van der Waals surface area contributed by atoms with E-state index in [9.17, 15) is 8.78 Å². The van der Waals surface area contributed by atoms with Crippen LogP contribution in [0.25, 0.3) is 0 Å². The van der Waals surface area contributed by atoms with Gasteiger partial charge in [0.2, 0.25) is 5.88 Å². The Labute approximate surface area is 89.8 Å². The van der Waals surface area contributed by atoms with Gasteiger partial charge >= 0.3 is 0 Å². The highest BCUT2D eigenvalue weighted by atomic mass is 35.5. The quantitative estimate of drug-likeness (QED) is 0.756. The molecule has 6 heteroatoms. The van der Waals surface area contributed by atoms with Crippen molar-refractivity contribution in [3.05, 3.63) is 22.8 Å². The summed E-state index contributed by atoms with van der Waals surface area (Å²) >= 11 is 11.2. The molecule has 1 aromatic rings. The summed E-state index contributed by atoms with van der Waals surface area (Å²) in [5.74, 6) is 0.218. The largest absolute Gasteiger partial charge is 0.472 e. The van der Waals surface area contributed by atoms with Crippen LogP contribution >= 0.6 is 23.2 Å². The van der Waals surface area contributed by atoms with E-state index in [0.717, 1.165) is 0 Å². The third-order valence-electron chi connectivity index (χ3n) is 1.38. The molecule has 1 heterocycles. The van der Waals surface area contributed by atoms with Crippen molar-refractivity contribution in [3.8, 4) is 5.88 Å². The molecule has 0 N–H and O–H groups in total. The molecule has 0 atom stereocenters. The van der Waals surface area contributed by atoms with Crippen molar-refractivity contribution >= 4 is 23.2 Å². The Balaban J connectivity index is 2.69. The topological polar surface area (TPSA) is 22.1 Å². The maximum Gasteiger partial charge on any atom is 0.272 e. The van der Waals surface area contributed by atoms with Crippen molar-refractivity contribution in [2.75, 3.05) is 6.61 Å². The van der Waals surface area contributed by atoms with E-state index in [4.69, 9.17) is 23.2 Å². The van der Waals surface area contributed by atoms with Crippen molar-refractivity contribution in [2.24, 2.45) is 0 Å². The normalized spacial score (nSPS) is 10.6. The predicted molar refractivity (Wildman–Crippen MR) is 50.3 cm³/mol. The maximum absolute atomic E-state index is 11.8. The number of rotatable bonds is 4. The number of ether oxygens (including phenoxy) is 1. The van der Waals surface area contributed by atoms with Gasteiger partial charge in [-0.2, -0.15) is 0 Å². The van der Waals surface area contributed by atoms with Gasteiger partial charge in [0.25, 0.3) is 6.43 Å². The van der Waals surface area contributed by atoms with E-state index in [1.54, 1.807) is 0 Å². The third kappa shape index (κ3) is 3.27. The van der Waals surface area contributed by atoms with Crippen LogP contribution in [0, 0.1) is 0 Å². The van der Waals surface area contributed by atoms with Crippen LogP contribution in [0.5, 0.6) is 5.88 Å². The van der Waals surface area contributed by atoms with E-state index in [-0.39, 0.29) is 11.8 Å². The average molecular weight is 242 g/mol. The molecule has 0 aliphatic heterocycles. The first-order valence-electron chi connectivity index (χ1n) is 3.76. The summed E-state index contributed by atoms with van der Waals surface area (Å²) in [4.78, 5) is 3.84. The molecule has 0 radical (unpaired) electrons. The minimum Gasteiger partial charge on any atom is -0.472 e. The molecule has 0 aromatic carbocycles. The van der Waals surface area contributed by atoms with Gasteiger partial charge in [-0.15, -0.1) is 11.6 Å². The Bertz CT molecular complexity index is 309. The lowest BCUT2D eigenvalue weighted by Crippen LogP contribution is -2.08. The monoisotopic (exact) mass is 241 g/mol. The minimum atomic E-state index is -2.52. The Morgan fingerprint density at radius 2 is 2.14 bits per heavy atom. The second kappa shape index (κ2) is 5.32. The third-order valence-corrected chi connectivity index (χ3v) is 1.97. The molecule has 0 unspecified atom stereocenters. The van der Waals surface area contributed by atoms with Gasteiger partial charge in [0.1, 0.15) is 0 Å². The van der Waals surface area contributed by atoms with Gasteiger partial charge in [-0.05, 0) is 6.07 Å². The smallest absolute Gasteiger partial charge is 0.272 e. The van der Waals surface area contributed by atoms with Gasteiger partial charge < -0.3 is 4.74 Å². The van der Waals surface area contributed by atoms with Crippen LogP contribution in [0.4, 0.5) is 8.78 Å². The molecule has 0 saturated heterocycles. The Morgan fingerprint density at radius 1 is 1.43 bits per heavy atom. The zero-order valence-corrected chi connectivity index (χ0v) is 8.53. The number of alkyl halides is 3. The van der Waals surface area contributed by atoms with Gasteiger partial charge in [-0.25, -0.2) is 13.8 Å². The fourth-order valence-corrected chi connectivity index (χ4v) is 1.23. The maximum atomic E-state index is 11.8. The molecule has 0 bridgehead atoms. The van der Waals surface area contributed by atoms with Crippen molar-refractivity contribution in [3.63, 3.8) is 0 Å². The van der Waals surface area contributed by atoms with Gasteiger partial charge in [-0.3, -0.25) is 0 Å². The lowest BCUT2D eigenvalue weighted by Gasteiger charge is -2.06. The molecule has 0 aliphatic rings. The number of halogens is 4. The molecule has 78 valence electrons. The van der Waals surface area contributed by atoms with E-state index in [0.29, 0.717) is 10.7 Å². The molecule has 14 heavy (non-hydrogen) atoms. The number of pyridine rings is 1. The van der Waals surface area contributed by atoms with Gasteiger partial charge in [-0.1, -0.05) is 11.6 Å². The molecule has 0 spiro atoms. The zero-order valence-electron chi connectivity index (χ0n) is 7.01. The fraction of sp³-hybridized carbons (Fsp3) is 0.375. The van der Waals surface area contributed by atoms with E-state index in [1.165, 1.54) is 12.1 Å². The van der Waals surface area contributed by atoms with Gasteiger partial charge in [0.05, 0.1) is 16.6 Å². The average Bonchev–Trinajstić information content (AvgIpc) is 2.16. The van der Waals surface area contributed by atoms with E-state index in [2.05, 4.69) is 9.72 Å². The highest BCUT2D eigenvalue weighted by Crippen LogP contribution is 2.19. The number of hydrogen-bond donors (Lipinski definition) is 0. The summed E-state index contributed by atoms with van der Waals surface area (Å²) in [6.45, 7) is -0.684. The first-order chi connectivity index (χ1) is 6.63. The molecule has 1 aromatic heterocycles. The summed E-state index contributed by atoms with van der Waals surface area (Å²) in [5.41, 5.74) is 0.417. The van der Waals surface area contributed by atoms with Crippen LogP contribution in [0.3, 0.4) is 0 Å². The summed E-state index contributed by atoms with van der Waals surface area (Å²) in [7, 11) is 0. The van der Waals surface area contributed by atoms with Crippen molar-refractivity contribution < 1.29 is 13.5 Å². The number of nitrogens with zero attached hydrogens (tertiary/aromatic N) is 1. The summed E-state index contributed by atoms with van der Waals surface area (Å²) < 4.78 is 28.2. The standard InChI is InChI=1S/C8H7Cl2F2NO/c9-3-6-5(10)1-2-8(13-6)14-4-7(11)12/h1-2,7H,3-4H2. The molecular weight excluding hydrogens is 235 g/mol. The van der Waals surface area contributed by atoms with Crippen LogP contribution in [0.15, 0.2) is 12.1 Å². The summed E-state index contributed by atoms with van der Waals surface area (Å²) in [5, 5.41) is 0.393. The van der Waals surface area contributed by atoms with E-state index >= 15 is 0 Å². The van der Waals surface area contributed by atoms with Crippen LogP contribution in [0.2, 0.25) is 5.02 Å². The molecule has 2 nitrogen and oxygen atoms in total. The highest BCUT2D eigenvalue weighted by molar-refractivity contribution is 6.32. The second-order valence-electron chi connectivity index (χ2n) is 2.41. The first-order valence-corrected chi connectivity index (χ1v) is 4.67. The van der Waals surface area contributed by atoms with Crippen LogP contribution in [-0.2, 0) is 5.88 Å². The SMILES string of the molecule is FC(F)COc1ccc(Cl)c(CCl)n1. The lowest BCUT2D eigenvalue weighted by molar-refractivity contribution is 0.0795. The molecule has 0 saturated carbocycles. The van der Waals surface area contributed by atoms with Crippen molar-refractivity contribution in [1.82, 2.24) is 4.98 Å². The first kappa shape index (κ1) is 11.5. The highest BCUT2D eigenvalue weighted by Gasteiger charge is 2.06. The van der Waals surface area contributed by atoms with Crippen molar-refractivity contribution in [1.29, 1.82) is 0 Å². The zero-order chi connectivity index (χ0) is 10.6. The molecule has 0 amide bonds. The molecule has 0 fully saturated rings.